The molecule has 17 heavy (non-hydrogen) atoms. The molecule has 0 radical (unpaired) electrons. The third kappa shape index (κ3) is 2.65. The van der Waals surface area contributed by atoms with Crippen LogP contribution in [0.15, 0.2) is 30.3 Å². The number of nitrogens with two attached hydrogens (primary N) is 1. The Morgan fingerprint density at radius 1 is 1.41 bits per heavy atom. The van der Waals surface area contributed by atoms with E-state index in [1.807, 2.05) is 37.3 Å². The Kier molecular flexibility index (Phi) is 3.76. The van der Waals surface area contributed by atoms with E-state index in [-0.39, 0.29) is 11.8 Å². The molecular formula is C13H18N2O2. The van der Waals surface area contributed by atoms with Crippen molar-refractivity contribution in [2.45, 2.75) is 26.0 Å². The molecule has 1 saturated heterocycles. The topological polar surface area (TPSA) is 55.6 Å². The van der Waals surface area contributed by atoms with Gasteiger partial charge in [0.25, 0.3) is 5.91 Å². The number of hydrogen-bond acceptors (Lipinski definition) is 3. The zero-order valence-electron chi connectivity index (χ0n) is 10.0. The predicted octanol–water partition coefficient (Wildman–Crippen LogP) is 1.31. The van der Waals surface area contributed by atoms with Crippen LogP contribution in [0.3, 0.4) is 0 Å². The number of carbonyl (C=O) groups excluding carboxylic acids is 1. The molecule has 2 N–H and O–H groups in total. The number of hydrogen-bond donors (Lipinski definition) is 1. The summed E-state index contributed by atoms with van der Waals surface area (Å²) < 4.78 is 0. The lowest BCUT2D eigenvalue weighted by Crippen LogP contribution is -2.35. The predicted molar refractivity (Wildman–Crippen MR) is 64.7 cm³/mol. The van der Waals surface area contributed by atoms with Gasteiger partial charge in [-0.25, -0.2) is 5.06 Å². The Labute approximate surface area is 101 Å². The largest absolute Gasteiger partial charge is 0.320 e. The van der Waals surface area contributed by atoms with Gasteiger partial charge in [-0.15, -0.1) is 0 Å². The average molecular weight is 234 g/mol. The van der Waals surface area contributed by atoms with Crippen LogP contribution in [-0.2, 0) is 16.2 Å². The molecule has 4 nitrogen and oxygen atoms in total. The van der Waals surface area contributed by atoms with Crippen LogP contribution in [0.5, 0.6) is 0 Å². The third-order valence-corrected chi connectivity index (χ3v) is 3.19. The van der Waals surface area contributed by atoms with Crippen LogP contribution < -0.4 is 5.73 Å². The fourth-order valence-corrected chi connectivity index (χ4v) is 2.01. The molecule has 2 unspecified atom stereocenters. The molecule has 0 aromatic heterocycles. The first-order chi connectivity index (χ1) is 8.22. The van der Waals surface area contributed by atoms with Crippen LogP contribution in [0.25, 0.3) is 0 Å². The summed E-state index contributed by atoms with van der Waals surface area (Å²) in [5.41, 5.74) is 6.87. The summed E-state index contributed by atoms with van der Waals surface area (Å²) in [5, 5.41) is 1.41. The van der Waals surface area contributed by atoms with E-state index in [1.165, 1.54) is 5.06 Å². The number of amides is 1. The van der Waals surface area contributed by atoms with Crippen molar-refractivity contribution < 1.29 is 9.63 Å². The fraction of sp³-hybridized carbons (Fsp3) is 0.462. The van der Waals surface area contributed by atoms with E-state index in [4.69, 9.17) is 10.6 Å². The molecule has 4 heteroatoms. The van der Waals surface area contributed by atoms with Crippen LogP contribution in [0.1, 0.15) is 18.9 Å². The first-order valence-electron chi connectivity index (χ1n) is 5.96. The minimum Gasteiger partial charge on any atom is -0.320 e. The molecule has 2 rings (SSSR count). The SMILES string of the molecule is CCC1CN(OCc2ccccc2)C(=O)C1N. The second kappa shape index (κ2) is 5.29. The standard InChI is InChI=1S/C13H18N2O2/c1-2-11-8-15(13(16)12(11)14)17-9-10-6-4-3-5-7-10/h3-7,11-12H,2,8-9,14H2,1H3. The third-order valence-electron chi connectivity index (χ3n) is 3.19. The molecule has 1 aromatic carbocycles. The quantitative estimate of drug-likeness (QED) is 0.854. The summed E-state index contributed by atoms with van der Waals surface area (Å²) in [7, 11) is 0. The highest BCUT2D eigenvalue weighted by atomic mass is 16.7. The maximum Gasteiger partial charge on any atom is 0.263 e. The minimum absolute atomic E-state index is 0.104. The van der Waals surface area contributed by atoms with Gasteiger partial charge in [0.05, 0.1) is 12.6 Å². The molecule has 1 heterocycles. The zero-order chi connectivity index (χ0) is 12.3. The van der Waals surface area contributed by atoms with Crippen LogP contribution in [0.4, 0.5) is 0 Å². The summed E-state index contributed by atoms with van der Waals surface area (Å²) in [5.74, 6) is 0.103. The fourth-order valence-electron chi connectivity index (χ4n) is 2.01. The molecule has 92 valence electrons. The van der Waals surface area contributed by atoms with E-state index in [1.54, 1.807) is 0 Å². The van der Waals surface area contributed by atoms with Gasteiger partial charge in [0.1, 0.15) is 6.61 Å². The monoisotopic (exact) mass is 234 g/mol. The number of carbonyl (C=O) groups is 1. The number of hydroxylamine groups is 2. The first-order valence-corrected chi connectivity index (χ1v) is 5.96. The van der Waals surface area contributed by atoms with Crippen LogP contribution in [0.2, 0.25) is 0 Å². The number of nitrogens with zero attached hydrogens (tertiary/aromatic N) is 1. The summed E-state index contributed by atoms with van der Waals surface area (Å²) >= 11 is 0. The minimum atomic E-state index is -0.407. The van der Waals surface area contributed by atoms with Gasteiger partial charge in [0, 0.05) is 5.92 Å². The molecule has 1 aromatic rings. The second-order valence-electron chi connectivity index (χ2n) is 4.35. The van der Waals surface area contributed by atoms with Gasteiger partial charge in [-0.2, -0.15) is 0 Å². The van der Waals surface area contributed by atoms with E-state index in [2.05, 4.69) is 0 Å². The molecular weight excluding hydrogens is 216 g/mol. The van der Waals surface area contributed by atoms with Gasteiger partial charge < -0.3 is 5.73 Å². The van der Waals surface area contributed by atoms with Gasteiger partial charge in [0.2, 0.25) is 0 Å². The highest BCUT2D eigenvalue weighted by Crippen LogP contribution is 2.20. The van der Waals surface area contributed by atoms with E-state index in [0.29, 0.717) is 13.2 Å². The van der Waals surface area contributed by atoms with Crippen LogP contribution in [0, 0.1) is 5.92 Å². The Hall–Kier alpha value is -1.39. The number of rotatable bonds is 4. The molecule has 1 amide bonds. The maximum absolute atomic E-state index is 11.8. The van der Waals surface area contributed by atoms with Gasteiger partial charge in [-0.1, -0.05) is 37.3 Å². The summed E-state index contributed by atoms with van der Waals surface area (Å²) in [6, 6.07) is 9.38. The van der Waals surface area contributed by atoms with E-state index < -0.39 is 6.04 Å². The van der Waals surface area contributed by atoms with Crippen molar-refractivity contribution in [3.8, 4) is 0 Å². The molecule has 0 spiro atoms. The lowest BCUT2D eigenvalue weighted by Gasteiger charge is -2.15. The molecule has 0 aliphatic carbocycles. The van der Waals surface area contributed by atoms with E-state index >= 15 is 0 Å². The van der Waals surface area contributed by atoms with E-state index in [9.17, 15) is 4.79 Å². The Balaban J connectivity index is 1.90. The molecule has 0 saturated carbocycles. The van der Waals surface area contributed by atoms with Crippen molar-refractivity contribution in [3.63, 3.8) is 0 Å². The highest BCUT2D eigenvalue weighted by Gasteiger charge is 2.37. The second-order valence-corrected chi connectivity index (χ2v) is 4.35. The van der Waals surface area contributed by atoms with Gasteiger partial charge in [-0.05, 0) is 12.0 Å². The highest BCUT2D eigenvalue weighted by molar-refractivity contribution is 5.83. The van der Waals surface area contributed by atoms with Crippen LogP contribution >= 0.6 is 0 Å². The van der Waals surface area contributed by atoms with Gasteiger partial charge >= 0.3 is 0 Å². The van der Waals surface area contributed by atoms with Gasteiger partial charge in [0.15, 0.2) is 0 Å². The van der Waals surface area contributed by atoms with Crippen molar-refractivity contribution in [1.29, 1.82) is 0 Å². The van der Waals surface area contributed by atoms with Crippen molar-refractivity contribution in [3.05, 3.63) is 35.9 Å². The normalized spacial score (nSPS) is 24.4. The summed E-state index contributed by atoms with van der Waals surface area (Å²) in [6.07, 6.45) is 0.901. The molecule has 0 bridgehead atoms. The first kappa shape index (κ1) is 12.1. The van der Waals surface area contributed by atoms with Crippen molar-refractivity contribution in [2.24, 2.45) is 11.7 Å². The Morgan fingerprint density at radius 2 is 2.12 bits per heavy atom. The van der Waals surface area contributed by atoms with Crippen molar-refractivity contribution >= 4 is 5.91 Å². The smallest absolute Gasteiger partial charge is 0.263 e. The van der Waals surface area contributed by atoms with E-state index in [0.717, 1.165) is 12.0 Å². The molecule has 1 aliphatic rings. The lowest BCUT2D eigenvalue weighted by atomic mass is 10.0. The Bertz CT molecular complexity index is 380. The maximum atomic E-state index is 11.8. The lowest BCUT2D eigenvalue weighted by molar-refractivity contribution is -0.183. The zero-order valence-corrected chi connectivity index (χ0v) is 10.0. The summed E-state index contributed by atoms with van der Waals surface area (Å²) in [6.45, 7) is 3.05. The molecule has 2 atom stereocenters. The average Bonchev–Trinajstić information content (AvgIpc) is 2.65. The molecule has 1 aliphatic heterocycles. The van der Waals surface area contributed by atoms with Gasteiger partial charge in [-0.3, -0.25) is 9.63 Å². The van der Waals surface area contributed by atoms with Crippen molar-refractivity contribution in [1.82, 2.24) is 5.06 Å². The Morgan fingerprint density at radius 3 is 2.71 bits per heavy atom. The van der Waals surface area contributed by atoms with Crippen molar-refractivity contribution in [2.75, 3.05) is 6.54 Å². The van der Waals surface area contributed by atoms with Crippen LogP contribution in [-0.4, -0.2) is 23.6 Å². The summed E-state index contributed by atoms with van der Waals surface area (Å²) in [4.78, 5) is 17.3. The number of benzene rings is 1. The molecule has 1 fully saturated rings.